The second-order valence-corrected chi connectivity index (χ2v) is 7.99. The molecule has 6 nitrogen and oxygen atoms in total. The summed E-state index contributed by atoms with van der Waals surface area (Å²) >= 11 is 0. The van der Waals surface area contributed by atoms with E-state index in [2.05, 4.69) is 25.5 Å². The number of aromatic nitrogens is 4. The first-order valence-corrected chi connectivity index (χ1v) is 10.4. The van der Waals surface area contributed by atoms with Crippen LogP contribution in [0, 0.1) is 0 Å². The van der Waals surface area contributed by atoms with Gasteiger partial charge in [0, 0.05) is 46.6 Å². The van der Waals surface area contributed by atoms with E-state index in [1.54, 1.807) is 12.3 Å². The van der Waals surface area contributed by atoms with E-state index in [9.17, 15) is 13.2 Å². The zero-order chi connectivity index (χ0) is 22.3. The fraction of sp³-hybridized carbons (Fsp3) is 0.261. The number of anilines is 1. The van der Waals surface area contributed by atoms with E-state index in [0.717, 1.165) is 54.9 Å². The van der Waals surface area contributed by atoms with Crippen molar-refractivity contribution in [2.24, 2.45) is 0 Å². The summed E-state index contributed by atoms with van der Waals surface area (Å²) < 4.78 is 39.0. The molecule has 0 unspecified atom stereocenters. The van der Waals surface area contributed by atoms with Gasteiger partial charge in [0.15, 0.2) is 0 Å². The van der Waals surface area contributed by atoms with E-state index in [1.165, 1.54) is 12.3 Å². The summed E-state index contributed by atoms with van der Waals surface area (Å²) in [6.45, 7) is 1.92. The minimum atomic E-state index is -4.40. The number of benzene rings is 1. The number of nitrogens with two attached hydrogens (primary N) is 1. The van der Waals surface area contributed by atoms with Gasteiger partial charge in [-0.15, -0.1) is 37.2 Å². The highest BCUT2D eigenvalue weighted by atomic mass is 35.5. The van der Waals surface area contributed by atoms with E-state index >= 15 is 0 Å². The molecule has 1 aromatic carbocycles. The van der Waals surface area contributed by atoms with Gasteiger partial charge in [0.05, 0.1) is 17.0 Å². The van der Waals surface area contributed by atoms with Crippen LogP contribution in [0.4, 0.5) is 19.0 Å². The van der Waals surface area contributed by atoms with Crippen LogP contribution >= 0.6 is 37.2 Å². The fourth-order valence-electron chi connectivity index (χ4n) is 4.23. The first kappa shape index (κ1) is 28.6. The van der Waals surface area contributed by atoms with Crippen molar-refractivity contribution in [3.8, 4) is 22.4 Å². The molecule has 0 amide bonds. The zero-order valence-electron chi connectivity index (χ0n) is 18.3. The molecular formula is C23H24Cl3F3N6. The number of alkyl halides is 3. The van der Waals surface area contributed by atoms with Crippen molar-refractivity contribution in [3.05, 3.63) is 60.2 Å². The lowest BCUT2D eigenvalue weighted by molar-refractivity contribution is -0.137. The molecule has 12 heteroatoms. The Morgan fingerprint density at radius 3 is 2.34 bits per heavy atom. The Morgan fingerprint density at radius 1 is 0.886 bits per heavy atom. The number of pyridine rings is 2. The van der Waals surface area contributed by atoms with Gasteiger partial charge in [-0.3, -0.25) is 10.1 Å². The van der Waals surface area contributed by atoms with Gasteiger partial charge in [-0.25, -0.2) is 4.98 Å². The number of nitrogens with zero attached hydrogens (tertiary/aromatic N) is 3. The monoisotopic (exact) mass is 546 g/mol. The molecule has 188 valence electrons. The predicted molar refractivity (Wildman–Crippen MR) is 139 cm³/mol. The number of aromatic amines is 1. The number of halogens is 6. The van der Waals surface area contributed by atoms with Gasteiger partial charge < -0.3 is 11.1 Å². The second-order valence-electron chi connectivity index (χ2n) is 7.99. The topological polar surface area (TPSA) is 92.5 Å². The second kappa shape index (κ2) is 11.4. The molecule has 0 atom stereocenters. The van der Waals surface area contributed by atoms with Crippen molar-refractivity contribution in [1.82, 2.24) is 25.5 Å². The summed E-state index contributed by atoms with van der Waals surface area (Å²) in [5, 5.41) is 11.9. The van der Waals surface area contributed by atoms with Crippen LogP contribution in [0.15, 0.2) is 48.9 Å². The highest BCUT2D eigenvalue weighted by molar-refractivity contribution is 5.88. The average Bonchev–Trinajstić information content (AvgIpc) is 3.29. The number of hydrogen-bond acceptors (Lipinski definition) is 5. The summed E-state index contributed by atoms with van der Waals surface area (Å²) in [5.74, 6) is 0.666. The van der Waals surface area contributed by atoms with Crippen molar-refractivity contribution in [1.29, 1.82) is 0 Å². The van der Waals surface area contributed by atoms with Crippen LogP contribution in [-0.2, 0) is 6.18 Å². The van der Waals surface area contributed by atoms with Crippen molar-refractivity contribution in [3.63, 3.8) is 0 Å². The number of nitrogen functional groups attached to an aromatic ring is 1. The molecule has 1 saturated heterocycles. The molecule has 5 rings (SSSR count). The predicted octanol–water partition coefficient (Wildman–Crippen LogP) is 6.02. The SMILES string of the molecule is Cl.Cl.Cl.Nc1ncc(-c2c[nH]nc2C2CCNCC2)cc1-c1cc2ccc(C(F)(F)F)cc2cn1. The van der Waals surface area contributed by atoms with Gasteiger partial charge in [-0.05, 0) is 55.6 Å². The third-order valence-electron chi connectivity index (χ3n) is 5.95. The smallest absolute Gasteiger partial charge is 0.383 e. The molecule has 4 N–H and O–H groups in total. The quantitative estimate of drug-likeness (QED) is 0.292. The van der Waals surface area contributed by atoms with Gasteiger partial charge in [0.25, 0.3) is 0 Å². The van der Waals surface area contributed by atoms with Crippen LogP contribution in [-0.4, -0.2) is 33.3 Å². The highest BCUT2D eigenvalue weighted by Crippen LogP contribution is 2.36. The minimum Gasteiger partial charge on any atom is -0.383 e. The molecule has 0 aliphatic carbocycles. The van der Waals surface area contributed by atoms with Crippen LogP contribution < -0.4 is 11.1 Å². The number of hydrogen-bond donors (Lipinski definition) is 3. The highest BCUT2D eigenvalue weighted by Gasteiger charge is 2.30. The standard InChI is InChI=1S/C23H21F3N6.3ClH/c24-23(25,26)17-2-1-14-9-20(29-10-15(14)7-17)18-8-16(11-30-22(18)27)19-12-31-32-21(19)13-3-5-28-6-4-13;;;/h1-2,7-13,28H,3-6H2,(H2,27,30)(H,31,32);3*1H. The number of rotatable bonds is 3. The first-order chi connectivity index (χ1) is 15.4. The van der Waals surface area contributed by atoms with Crippen LogP contribution in [0.2, 0.25) is 0 Å². The summed E-state index contributed by atoms with van der Waals surface area (Å²) in [7, 11) is 0. The van der Waals surface area contributed by atoms with Crippen LogP contribution in [0.1, 0.15) is 30.0 Å². The maximum atomic E-state index is 13.0. The molecule has 1 aliphatic rings. The molecule has 0 saturated carbocycles. The van der Waals surface area contributed by atoms with Crippen molar-refractivity contribution >= 4 is 53.8 Å². The number of fused-ring (bicyclic) bond motifs is 1. The Hall–Kier alpha value is -2.59. The van der Waals surface area contributed by atoms with Crippen LogP contribution in [0.25, 0.3) is 33.2 Å². The first-order valence-electron chi connectivity index (χ1n) is 10.4. The Labute approximate surface area is 218 Å². The Kier molecular flexibility index (Phi) is 9.36. The molecule has 0 radical (unpaired) electrons. The Bertz CT molecular complexity index is 1290. The lowest BCUT2D eigenvalue weighted by Gasteiger charge is -2.22. The van der Waals surface area contributed by atoms with Crippen molar-refractivity contribution < 1.29 is 13.2 Å². The van der Waals surface area contributed by atoms with E-state index in [1.807, 2.05) is 12.3 Å². The maximum absolute atomic E-state index is 13.0. The van der Waals surface area contributed by atoms with Crippen molar-refractivity contribution in [2.45, 2.75) is 24.9 Å². The normalized spacial score (nSPS) is 14.0. The lowest BCUT2D eigenvalue weighted by atomic mass is 9.90. The van der Waals surface area contributed by atoms with E-state index in [0.29, 0.717) is 33.8 Å². The van der Waals surface area contributed by atoms with Gasteiger partial charge >= 0.3 is 6.18 Å². The summed E-state index contributed by atoms with van der Waals surface area (Å²) in [5.41, 5.74) is 9.48. The van der Waals surface area contributed by atoms with Gasteiger partial charge in [-0.1, -0.05) is 6.07 Å². The van der Waals surface area contributed by atoms with Crippen LogP contribution in [0.5, 0.6) is 0 Å². The molecule has 0 bridgehead atoms. The molecule has 4 aromatic rings. The molecule has 35 heavy (non-hydrogen) atoms. The Morgan fingerprint density at radius 2 is 1.63 bits per heavy atom. The molecule has 1 fully saturated rings. The molecule has 3 aromatic heterocycles. The summed E-state index contributed by atoms with van der Waals surface area (Å²) in [4.78, 5) is 8.74. The minimum absolute atomic E-state index is 0. The zero-order valence-corrected chi connectivity index (χ0v) is 20.8. The van der Waals surface area contributed by atoms with Gasteiger partial charge in [0.1, 0.15) is 5.82 Å². The fourth-order valence-corrected chi connectivity index (χ4v) is 4.23. The number of H-pyrrole nitrogens is 1. The summed E-state index contributed by atoms with van der Waals surface area (Å²) in [6, 6.07) is 7.26. The van der Waals surface area contributed by atoms with Crippen LogP contribution in [0.3, 0.4) is 0 Å². The number of piperidine rings is 1. The van der Waals surface area contributed by atoms with Gasteiger partial charge in [0.2, 0.25) is 0 Å². The average molecular weight is 548 g/mol. The Balaban J connectivity index is 0.00000144. The third kappa shape index (κ3) is 5.81. The molecule has 0 spiro atoms. The molecular weight excluding hydrogens is 524 g/mol. The number of nitrogens with one attached hydrogen (secondary N) is 2. The van der Waals surface area contributed by atoms with E-state index in [-0.39, 0.29) is 37.2 Å². The van der Waals surface area contributed by atoms with Crippen molar-refractivity contribution in [2.75, 3.05) is 18.8 Å². The maximum Gasteiger partial charge on any atom is 0.416 e. The molecule has 4 heterocycles. The third-order valence-corrected chi connectivity index (χ3v) is 5.95. The van der Waals surface area contributed by atoms with E-state index < -0.39 is 11.7 Å². The van der Waals surface area contributed by atoms with E-state index in [4.69, 9.17) is 5.73 Å². The van der Waals surface area contributed by atoms with Gasteiger partial charge in [-0.2, -0.15) is 18.3 Å². The molecule has 1 aliphatic heterocycles. The summed E-state index contributed by atoms with van der Waals surface area (Å²) in [6.07, 6.45) is 2.64. The lowest BCUT2D eigenvalue weighted by Crippen LogP contribution is -2.27. The largest absolute Gasteiger partial charge is 0.416 e.